The van der Waals surface area contributed by atoms with Crippen LogP contribution < -0.4 is 5.38 Å². The van der Waals surface area contributed by atoms with Crippen LogP contribution in [0.3, 0.4) is 0 Å². The first-order valence-electron chi connectivity index (χ1n) is 6.69. The van der Waals surface area contributed by atoms with Crippen molar-refractivity contribution < 1.29 is 13.9 Å². The molecule has 0 saturated carbocycles. The van der Waals surface area contributed by atoms with E-state index < -0.39 is 14.2 Å². The number of hydrogen-bond acceptors (Lipinski definition) is 3. The summed E-state index contributed by atoms with van der Waals surface area (Å²) in [6, 6.07) is 11.7. The van der Waals surface area contributed by atoms with Gasteiger partial charge in [0.2, 0.25) is 0 Å². The van der Waals surface area contributed by atoms with Gasteiger partial charge in [-0.25, -0.2) is 0 Å². The lowest BCUT2D eigenvalue weighted by atomic mass is 10.0. The van der Waals surface area contributed by atoms with Gasteiger partial charge in [0.05, 0.1) is 11.6 Å². The molecule has 0 amide bonds. The molecule has 2 rings (SSSR count). The van der Waals surface area contributed by atoms with Gasteiger partial charge in [-0.05, 0) is 11.6 Å². The zero-order valence-corrected chi connectivity index (χ0v) is 13.3. The summed E-state index contributed by atoms with van der Waals surface area (Å²) in [6.07, 6.45) is 1.30. The van der Waals surface area contributed by atoms with Crippen molar-refractivity contribution in [3.63, 3.8) is 0 Å². The molecular weight excluding hydrogens is 268 g/mol. The van der Waals surface area contributed by atoms with E-state index in [-0.39, 0.29) is 5.97 Å². The third kappa shape index (κ3) is 3.39. The van der Waals surface area contributed by atoms with E-state index in [9.17, 15) is 4.79 Å². The minimum absolute atomic E-state index is 0.297. The molecule has 1 aromatic carbocycles. The van der Waals surface area contributed by atoms with Crippen molar-refractivity contribution in [2.45, 2.75) is 32.7 Å². The monoisotopic (exact) mass is 288 g/mol. The summed E-state index contributed by atoms with van der Waals surface area (Å²) in [5.74, 6) is -0.297. The highest BCUT2D eigenvalue weighted by Crippen LogP contribution is 2.26. The number of esters is 1. The van der Waals surface area contributed by atoms with Crippen LogP contribution in [0.25, 0.3) is 0 Å². The summed E-state index contributed by atoms with van der Waals surface area (Å²) in [6.45, 7) is 8.09. The van der Waals surface area contributed by atoms with E-state index in [1.165, 1.54) is 6.92 Å². The van der Waals surface area contributed by atoms with Gasteiger partial charge in [0.25, 0.3) is 0 Å². The van der Waals surface area contributed by atoms with E-state index in [1.807, 2.05) is 36.4 Å². The van der Waals surface area contributed by atoms with Crippen molar-refractivity contribution in [1.82, 2.24) is 0 Å². The number of carbonyl (C=O) groups excluding carboxylic acids is 1. The minimum Gasteiger partial charge on any atom is -0.474 e. The normalized spacial score (nSPS) is 13.0. The van der Waals surface area contributed by atoms with Gasteiger partial charge in [0.1, 0.15) is 8.07 Å². The molecule has 0 aliphatic rings. The van der Waals surface area contributed by atoms with E-state index >= 15 is 0 Å². The Hall–Kier alpha value is -1.81. The predicted octanol–water partition coefficient (Wildman–Crippen LogP) is 3.48. The molecule has 0 bridgehead atoms. The van der Waals surface area contributed by atoms with Crippen molar-refractivity contribution in [1.29, 1.82) is 0 Å². The molecule has 0 spiro atoms. The van der Waals surface area contributed by atoms with Crippen LogP contribution in [-0.4, -0.2) is 14.0 Å². The molecule has 0 radical (unpaired) electrons. The van der Waals surface area contributed by atoms with Gasteiger partial charge >= 0.3 is 5.97 Å². The maximum absolute atomic E-state index is 11.4. The van der Waals surface area contributed by atoms with Crippen LogP contribution in [0.2, 0.25) is 19.6 Å². The van der Waals surface area contributed by atoms with Crippen LogP contribution in [0.15, 0.2) is 47.1 Å². The Morgan fingerprint density at radius 3 is 2.30 bits per heavy atom. The van der Waals surface area contributed by atoms with E-state index in [0.29, 0.717) is 0 Å². The Morgan fingerprint density at radius 2 is 1.80 bits per heavy atom. The summed E-state index contributed by atoms with van der Waals surface area (Å²) in [5.41, 5.74) is 1.84. The van der Waals surface area contributed by atoms with Crippen LogP contribution in [0.5, 0.6) is 0 Å². The Kier molecular flexibility index (Phi) is 4.14. The molecule has 1 heterocycles. The highest BCUT2D eigenvalue weighted by molar-refractivity contribution is 6.87. The molecule has 0 fully saturated rings. The first kappa shape index (κ1) is 14.6. The lowest BCUT2D eigenvalue weighted by Crippen LogP contribution is -2.36. The van der Waals surface area contributed by atoms with E-state index in [1.54, 1.807) is 6.26 Å². The van der Waals surface area contributed by atoms with Crippen LogP contribution in [0, 0.1) is 0 Å². The Morgan fingerprint density at radius 1 is 1.15 bits per heavy atom. The second-order valence-electron chi connectivity index (χ2n) is 5.89. The average Bonchev–Trinajstić information content (AvgIpc) is 2.86. The molecule has 20 heavy (non-hydrogen) atoms. The number of hydrogen-bond donors (Lipinski definition) is 0. The second-order valence-corrected chi connectivity index (χ2v) is 10.9. The quantitative estimate of drug-likeness (QED) is 0.639. The summed E-state index contributed by atoms with van der Waals surface area (Å²) >= 11 is 0. The largest absolute Gasteiger partial charge is 0.474 e. The molecule has 1 unspecified atom stereocenters. The van der Waals surface area contributed by atoms with Gasteiger partial charge in [-0.15, -0.1) is 0 Å². The minimum atomic E-state index is -1.51. The van der Waals surface area contributed by atoms with Crippen molar-refractivity contribution in [2.75, 3.05) is 0 Å². The Labute approximate surface area is 120 Å². The van der Waals surface area contributed by atoms with E-state index in [4.69, 9.17) is 9.15 Å². The highest BCUT2D eigenvalue weighted by atomic mass is 28.3. The topological polar surface area (TPSA) is 39.4 Å². The van der Waals surface area contributed by atoms with Crippen molar-refractivity contribution in [3.8, 4) is 0 Å². The van der Waals surface area contributed by atoms with Gasteiger partial charge in [0.15, 0.2) is 6.10 Å². The van der Waals surface area contributed by atoms with Gasteiger partial charge in [-0.1, -0.05) is 50.0 Å². The van der Waals surface area contributed by atoms with E-state index in [0.717, 1.165) is 16.5 Å². The van der Waals surface area contributed by atoms with Gasteiger partial charge < -0.3 is 9.15 Å². The first-order chi connectivity index (χ1) is 9.38. The number of furan rings is 1. The summed E-state index contributed by atoms with van der Waals surface area (Å²) in [4.78, 5) is 11.4. The van der Waals surface area contributed by atoms with Crippen LogP contribution in [-0.2, 0) is 9.53 Å². The van der Waals surface area contributed by atoms with Crippen molar-refractivity contribution >= 4 is 19.4 Å². The maximum atomic E-state index is 11.4. The van der Waals surface area contributed by atoms with Crippen LogP contribution in [0.4, 0.5) is 0 Å². The van der Waals surface area contributed by atoms with Gasteiger partial charge in [-0.2, -0.15) is 0 Å². The van der Waals surface area contributed by atoms with Crippen molar-refractivity contribution in [3.05, 3.63) is 53.8 Å². The molecule has 106 valence electrons. The SMILES string of the molecule is CC(=O)OC(c1ccccc1)c1coc([Si](C)(C)C)c1. The summed E-state index contributed by atoms with van der Waals surface area (Å²) in [7, 11) is -1.51. The second kappa shape index (κ2) is 5.67. The fourth-order valence-electron chi connectivity index (χ4n) is 2.00. The zero-order chi connectivity index (χ0) is 14.8. The fraction of sp³-hybridized carbons (Fsp3) is 0.312. The Bertz CT molecular complexity index is 581. The van der Waals surface area contributed by atoms with Gasteiger partial charge in [0, 0.05) is 12.5 Å². The smallest absolute Gasteiger partial charge is 0.303 e. The first-order valence-corrected chi connectivity index (χ1v) is 10.2. The number of ether oxygens (including phenoxy) is 1. The van der Waals surface area contributed by atoms with Crippen molar-refractivity contribution in [2.24, 2.45) is 0 Å². The molecule has 1 aromatic heterocycles. The lowest BCUT2D eigenvalue weighted by molar-refractivity contribution is -0.144. The fourth-order valence-corrected chi connectivity index (χ4v) is 3.02. The third-order valence-electron chi connectivity index (χ3n) is 3.05. The van der Waals surface area contributed by atoms with Crippen LogP contribution >= 0.6 is 0 Å². The predicted molar refractivity (Wildman–Crippen MR) is 81.7 cm³/mol. The summed E-state index contributed by atoms with van der Waals surface area (Å²) < 4.78 is 11.1. The van der Waals surface area contributed by atoms with E-state index in [2.05, 4.69) is 19.6 Å². The number of benzene rings is 1. The molecule has 2 aromatic rings. The highest BCUT2D eigenvalue weighted by Gasteiger charge is 2.25. The molecule has 0 aliphatic carbocycles. The Balaban J connectivity index is 2.37. The average molecular weight is 288 g/mol. The molecule has 3 nitrogen and oxygen atoms in total. The molecule has 1 atom stereocenters. The molecule has 4 heteroatoms. The summed E-state index contributed by atoms with van der Waals surface area (Å²) in [5, 5.41) is 1.01. The number of carbonyl (C=O) groups is 1. The molecule has 0 aliphatic heterocycles. The molecule has 0 N–H and O–H groups in total. The third-order valence-corrected chi connectivity index (χ3v) is 4.79. The zero-order valence-electron chi connectivity index (χ0n) is 12.3. The maximum Gasteiger partial charge on any atom is 0.303 e. The van der Waals surface area contributed by atoms with Gasteiger partial charge in [-0.3, -0.25) is 4.79 Å². The number of rotatable bonds is 4. The van der Waals surface area contributed by atoms with Crippen LogP contribution in [0.1, 0.15) is 24.2 Å². The lowest BCUT2D eigenvalue weighted by Gasteiger charge is -2.16. The molecular formula is C16H20O3Si. The molecule has 0 saturated heterocycles. The standard InChI is InChI=1S/C16H20O3Si/c1-12(17)19-16(13-8-6-5-7-9-13)14-10-15(18-11-14)20(2,3)4/h5-11,16H,1-4H3.